The maximum Gasteiger partial charge on any atom is 0.330 e. The Balaban J connectivity index is 1.47. The molecule has 2 amide bonds. The Morgan fingerprint density at radius 3 is 2.24 bits per heavy atom. The average molecular weight is 502 g/mol. The van der Waals surface area contributed by atoms with Crippen LogP contribution in [0.15, 0.2) is 59.5 Å². The molecular weight excluding hydrogens is 474 g/mol. The lowest BCUT2D eigenvalue weighted by Crippen LogP contribution is -2.35. The summed E-state index contributed by atoms with van der Waals surface area (Å²) in [6.45, 7) is 2.96. The van der Waals surface area contributed by atoms with Crippen LogP contribution < -0.4 is 15.2 Å². The van der Waals surface area contributed by atoms with E-state index >= 15 is 0 Å². The maximum absolute atomic E-state index is 13.6. The van der Waals surface area contributed by atoms with Gasteiger partial charge in [0.1, 0.15) is 11.3 Å². The lowest BCUT2D eigenvalue weighted by molar-refractivity contribution is 0.0649. The highest BCUT2D eigenvalue weighted by Gasteiger charge is 2.35. The van der Waals surface area contributed by atoms with Crippen LogP contribution in [0.3, 0.4) is 0 Å². The van der Waals surface area contributed by atoms with Crippen molar-refractivity contribution in [2.45, 2.75) is 32.9 Å². The van der Waals surface area contributed by atoms with E-state index in [-0.39, 0.29) is 43.1 Å². The van der Waals surface area contributed by atoms with Gasteiger partial charge in [-0.25, -0.2) is 9.78 Å². The second kappa shape index (κ2) is 10.3. The first kappa shape index (κ1) is 24.2. The minimum atomic E-state index is -0.363. The molecule has 2 aromatic heterocycles. The van der Waals surface area contributed by atoms with E-state index in [1.165, 1.54) is 9.47 Å². The number of ether oxygens (including phenoxy) is 2. The molecule has 190 valence electrons. The highest BCUT2D eigenvalue weighted by atomic mass is 16.5. The number of amides is 2. The van der Waals surface area contributed by atoms with Crippen LogP contribution in [0.4, 0.5) is 0 Å². The van der Waals surface area contributed by atoms with Crippen molar-refractivity contribution in [3.05, 3.63) is 81.9 Å². The van der Waals surface area contributed by atoms with Crippen molar-refractivity contribution < 1.29 is 19.1 Å². The topological polar surface area (TPSA) is 109 Å². The SMILES string of the molecule is CCCCOc1ncc2c(n1)n(Cc1ccc(OC)cc1)c(=O)n2CCN1C(=O)c2ccccc2C1=O. The monoisotopic (exact) mass is 501 g/mol. The Morgan fingerprint density at radius 2 is 1.59 bits per heavy atom. The molecule has 37 heavy (non-hydrogen) atoms. The summed E-state index contributed by atoms with van der Waals surface area (Å²) in [5.41, 5.74) is 2.23. The Labute approximate surface area is 213 Å². The Morgan fingerprint density at radius 1 is 0.892 bits per heavy atom. The number of rotatable bonds is 10. The Kier molecular flexibility index (Phi) is 6.72. The average Bonchev–Trinajstić information content (AvgIpc) is 3.32. The van der Waals surface area contributed by atoms with Crippen LogP contribution in [0, 0.1) is 0 Å². The number of benzene rings is 2. The van der Waals surface area contributed by atoms with Crippen LogP contribution in [0.5, 0.6) is 11.8 Å². The van der Waals surface area contributed by atoms with Gasteiger partial charge in [0.25, 0.3) is 11.8 Å². The molecule has 10 heteroatoms. The fourth-order valence-electron chi connectivity index (χ4n) is 4.37. The minimum absolute atomic E-state index is 0.0443. The van der Waals surface area contributed by atoms with Gasteiger partial charge in [-0.2, -0.15) is 4.98 Å². The van der Waals surface area contributed by atoms with Crippen LogP contribution in [0.2, 0.25) is 0 Å². The molecule has 1 aliphatic rings. The molecule has 0 fully saturated rings. The number of unbranched alkanes of at least 4 members (excludes halogenated alkanes) is 1. The molecule has 1 aliphatic heterocycles. The zero-order chi connectivity index (χ0) is 25.9. The molecule has 0 saturated heterocycles. The van der Waals surface area contributed by atoms with Crippen molar-refractivity contribution in [3.8, 4) is 11.8 Å². The number of hydrogen-bond acceptors (Lipinski definition) is 7. The van der Waals surface area contributed by atoms with Crippen LogP contribution in [0.25, 0.3) is 11.2 Å². The van der Waals surface area contributed by atoms with E-state index in [9.17, 15) is 14.4 Å². The summed E-state index contributed by atoms with van der Waals surface area (Å²) in [6.07, 6.45) is 3.39. The summed E-state index contributed by atoms with van der Waals surface area (Å²) in [7, 11) is 1.60. The molecule has 0 N–H and O–H groups in total. The summed E-state index contributed by atoms with van der Waals surface area (Å²) >= 11 is 0. The fraction of sp³-hybridized carbons (Fsp3) is 0.296. The standard InChI is InChI=1S/C27H27N5O5/c1-3-4-15-37-26-28-16-22-23(29-26)32(17-18-9-11-19(36-2)12-10-18)27(35)30(22)13-14-31-24(33)20-7-5-6-8-21(20)25(31)34/h5-12,16H,3-4,13-15,17H2,1-2H3. The number of aromatic nitrogens is 4. The third-order valence-corrected chi connectivity index (χ3v) is 6.39. The van der Waals surface area contributed by atoms with Crippen LogP contribution in [-0.4, -0.2) is 56.1 Å². The number of fused-ring (bicyclic) bond motifs is 2. The number of imide groups is 1. The molecule has 0 radical (unpaired) electrons. The maximum atomic E-state index is 13.6. The predicted molar refractivity (Wildman–Crippen MR) is 136 cm³/mol. The molecule has 0 spiro atoms. The zero-order valence-electron chi connectivity index (χ0n) is 20.7. The van der Waals surface area contributed by atoms with E-state index in [4.69, 9.17) is 9.47 Å². The second-order valence-corrected chi connectivity index (χ2v) is 8.74. The predicted octanol–water partition coefficient (Wildman–Crippen LogP) is 3.13. The van der Waals surface area contributed by atoms with Gasteiger partial charge in [0, 0.05) is 13.1 Å². The molecular formula is C27H27N5O5. The number of imidazole rings is 1. The van der Waals surface area contributed by atoms with E-state index in [1.54, 1.807) is 42.1 Å². The second-order valence-electron chi connectivity index (χ2n) is 8.74. The van der Waals surface area contributed by atoms with Crippen LogP contribution >= 0.6 is 0 Å². The molecule has 5 rings (SSSR count). The van der Waals surface area contributed by atoms with Gasteiger partial charge in [0.2, 0.25) is 0 Å². The van der Waals surface area contributed by atoms with Crippen molar-refractivity contribution in [2.75, 3.05) is 20.3 Å². The fourth-order valence-corrected chi connectivity index (χ4v) is 4.37. The van der Waals surface area contributed by atoms with Crippen molar-refractivity contribution >= 4 is 23.0 Å². The molecule has 3 heterocycles. The molecule has 0 unspecified atom stereocenters. The molecule has 2 aromatic carbocycles. The lowest BCUT2D eigenvalue weighted by Gasteiger charge is -2.14. The lowest BCUT2D eigenvalue weighted by atomic mass is 10.1. The number of carbonyl (C=O) groups excluding carboxylic acids is 2. The Bertz CT molecular complexity index is 1490. The van der Waals surface area contributed by atoms with Crippen LogP contribution in [-0.2, 0) is 13.1 Å². The van der Waals surface area contributed by atoms with Crippen molar-refractivity contribution in [1.82, 2.24) is 24.0 Å². The van der Waals surface area contributed by atoms with E-state index in [1.807, 2.05) is 24.3 Å². The first-order chi connectivity index (χ1) is 18.0. The molecule has 0 bridgehead atoms. The summed E-state index contributed by atoms with van der Waals surface area (Å²) in [4.78, 5) is 49.2. The molecule has 0 aliphatic carbocycles. The highest BCUT2D eigenvalue weighted by molar-refractivity contribution is 6.21. The summed E-state index contributed by atoms with van der Waals surface area (Å²) in [6, 6.07) is 14.3. The summed E-state index contributed by atoms with van der Waals surface area (Å²) in [5.74, 6) is -0.00892. The first-order valence-corrected chi connectivity index (χ1v) is 12.2. The zero-order valence-corrected chi connectivity index (χ0v) is 20.7. The van der Waals surface area contributed by atoms with E-state index in [0.29, 0.717) is 34.6 Å². The van der Waals surface area contributed by atoms with E-state index in [2.05, 4.69) is 16.9 Å². The van der Waals surface area contributed by atoms with Crippen molar-refractivity contribution in [3.63, 3.8) is 0 Å². The molecule has 0 saturated carbocycles. The molecule has 10 nitrogen and oxygen atoms in total. The minimum Gasteiger partial charge on any atom is -0.497 e. The van der Waals surface area contributed by atoms with E-state index < -0.39 is 0 Å². The van der Waals surface area contributed by atoms with Gasteiger partial charge in [0.15, 0.2) is 5.65 Å². The van der Waals surface area contributed by atoms with Gasteiger partial charge in [-0.3, -0.25) is 23.6 Å². The largest absolute Gasteiger partial charge is 0.497 e. The van der Waals surface area contributed by atoms with Gasteiger partial charge in [-0.05, 0) is 36.2 Å². The van der Waals surface area contributed by atoms with Crippen molar-refractivity contribution in [2.24, 2.45) is 0 Å². The van der Waals surface area contributed by atoms with Gasteiger partial charge in [-0.15, -0.1) is 0 Å². The highest BCUT2D eigenvalue weighted by Crippen LogP contribution is 2.23. The van der Waals surface area contributed by atoms with Gasteiger partial charge >= 0.3 is 11.7 Å². The van der Waals surface area contributed by atoms with Crippen molar-refractivity contribution in [1.29, 1.82) is 0 Å². The smallest absolute Gasteiger partial charge is 0.330 e. The third-order valence-electron chi connectivity index (χ3n) is 6.39. The van der Waals surface area contributed by atoms with Gasteiger partial charge in [-0.1, -0.05) is 37.6 Å². The summed E-state index contributed by atoms with van der Waals surface area (Å²) in [5, 5.41) is 0. The van der Waals surface area contributed by atoms with Crippen LogP contribution in [0.1, 0.15) is 46.0 Å². The van der Waals surface area contributed by atoms with E-state index in [0.717, 1.165) is 18.4 Å². The molecule has 0 atom stereocenters. The summed E-state index contributed by atoms with van der Waals surface area (Å²) < 4.78 is 14.0. The Hall–Kier alpha value is -4.47. The first-order valence-electron chi connectivity index (χ1n) is 12.2. The normalized spacial score (nSPS) is 12.9. The quantitative estimate of drug-likeness (QED) is 0.243. The van der Waals surface area contributed by atoms with Gasteiger partial charge < -0.3 is 9.47 Å². The number of carbonyl (C=O) groups is 2. The number of hydrogen-bond donors (Lipinski definition) is 0. The molecule has 4 aromatic rings. The number of nitrogens with zero attached hydrogens (tertiary/aromatic N) is 5. The number of methoxy groups -OCH3 is 1. The van der Waals surface area contributed by atoms with Gasteiger partial charge in [0.05, 0.1) is 37.6 Å². The third kappa shape index (κ3) is 4.57.